The maximum Gasteiger partial charge on any atom is 0.125 e. The standard InChI is InChI=1S/C9H12N2.C6H9F.CH3Cl/c1-6-8-4-3-5-9(8)11-7(2)10-6;1-3-5-6(7)4-2;1-2/h3-5H2,1-2H3;3-5H,1-2H3;1H3/b;5-3-,6-4+;. The zero-order valence-corrected chi connectivity index (χ0v) is 13.8. The topological polar surface area (TPSA) is 25.8 Å². The van der Waals surface area contributed by atoms with E-state index in [1.54, 1.807) is 19.9 Å². The van der Waals surface area contributed by atoms with E-state index in [1.165, 1.54) is 48.3 Å². The van der Waals surface area contributed by atoms with Gasteiger partial charge in [0.15, 0.2) is 0 Å². The lowest BCUT2D eigenvalue weighted by molar-refractivity contribution is 0.664. The quantitative estimate of drug-likeness (QED) is 0.546. The first-order chi connectivity index (χ1) is 9.58. The number of alkyl halides is 1. The number of hydrogen-bond acceptors (Lipinski definition) is 2. The SMILES string of the molecule is C/C=C\C(F)=C/C.CCl.Cc1nc(C)c2c(n1)CCC2. The fourth-order valence-electron chi connectivity index (χ4n) is 2.03. The van der Waals surface area contributed by atoms with Crippen molar-refractivity contribution in [2.24, 2.45) is 0 Å². The minimum absolute atomic E-state index is 0.178. The highest BCUT2D eigenvalue weighted by molar-refractivity contribution is 6.15. The Labute approximate surface area is 126 Å². The highest BCUT2D eigenvalue weighted by atomic mass is 35.5. The van der Waals surface area contributed by atoms with Crippen molar-refractivity contribution in [1.29, 1.82) is 0 Å². The van der Waals surface area contributed by atoms with E-state index in [4.69, 9.17) is 0 Å². The van der Waals surface area contributed by atoms with Gasteiger partial charge in [0.1, 0.15) is 11.7 Å². The summed E-state index contributed by atoms with van der Waals surface area (Å²) in [6.45, 7) is 7.49. The van der Waals surface area contributed by atoms with Crippen LogP contribution >= 0.6 is 11.6 Å². The van der Waals surface area contributed by atoms with Crippen molar-refractivity contribution < 1.29 is 4.39 Å². The van der Waals surface area contributed by atoms with Gasteiger partial charge in [-0.2, -0.15) is 0 Å². The number of nitrogens with zero attached hydrogens (tertiary/aromatic N) is 2. The van der Waals surface area contributed by atoms with E-state index in [9.17, 15) is 4.39 Å². The van der Waals surface area contributed by atoms with Crippen LogP contribution in [0, 0.1) is 13.8 Å². The van der Waals surface area contributed by atoms with Gasteiger partial charge in [-0.15, -0.1) is 11.6 Å². The van der Waals surface area contributed by atoms with Crippen LogP contribution in [0.1, 0.15) is 43.0 Å². The Balaban J connectivity index is 0.000000352. The zero-order valence-electron chi connectivity index (χ0n) is 13.0. The predicted molar refractivity (Wildman–Crippen MR) is 85.0 cm³/mol. The van der Waals surface area contributed by atoms with Crippen LogP contribution in [0.3, 0.4) is 0 Å². The molecule has 20 heavy (non-hydrogen) atoms. The minimum Gasteiger partial charge on any atom is -0.238 e. The first kappa shape index (κ1) is 18.8. The molecule has 112 valence electrons. The number of aryl methyl sites for hydroxylation is 3. The molecule has 1 aliphatic rings. The highest BCUT2D eigenvalue weighted by Crippen LogP contribution is 2.21. The molecule has 1 aromatic heterocycles. The lowest BCUT2D eigenvalue weighted by atomic mass is 10.2. The second kappa shape index (κ2) is 10.6. The van der Waals surface area contributed by atoms with Crippen molar-refractivity contribution in [3.8, 4) is 0 Å². The molecule has 0 saturated heterocycles. The van der Waals surface area contributed by atoms with Gasteiger partial charge in [-0.1, -0.05) is 12.2 Å². The molecule has 0 fully saturated rings. The van der Waals surface area contributed by atoms with Gasteiger partial charge in [0.25, 0.3) is 0 Å². The van der Waals surface area contributed by atoms with Crippen molar-refractivity contribution in [1.82, 2.24) is 9.97 Å². The van der Waals surface area contributed by atoms with Crippen molar-refractivity contribution in [3.63, 3.8) is 0 Å². The van der Waals surface area contributed by atoms with Crippen molar-refractivity contribution in [3.05, 3.63) is 46.8 Å². The van der Waals surface area contributed by atoms with Crippen LogP contribution in [0.25, 0.3) is 0 Å². The van der Waals surface area contributed by atoms with Crippen LogP contribution in [0.15, 0.2) is 24.1 Å². The van der Waals surface area contributed by atoms with Gasteiger partial charge in [0.2, 0.25) is 0 Å². The Morgan fingerprint density at radius 3 is 2.30 bits per heavy atom. The molecule has 0 bridgehead atoms. The first-order valence-electron chi connectivity index (χ1n) is 6.73. The molecule has 0 aliphatic heterocycles. The van der Waals surface area contributed by atoms with Gasteiger partial charge in [0.05, 0.1) is 0 Å². The maximum atomic E-state index is 11.9. The van der Waals surface area contributed by atoms with E-state index >= 15 is 0 Å². The molecule has 0 saturated carbocycles. The smallest absolute Gasteiger partial charge is 0.125 e. The number of allylic oxidation sites excluding steroid dienone is 4. The lowest BCUT2D eigenvalue weighted by Crippen LogP contribution is -1.98. The maximum absolute atomic E-state index is 11.9. The van der Waals surface area contributed by atoms with Crippen LogP contribution in [0.5, 0.6) is 0 Å². The molecule has 0 N–H and O–H groups in total. The Hall–Kier alpha value is -1.22. The average molecular weight is 299 g/mol. The van der Waals surface area contributed by atoms with Crippen molar-refractivity contribution in [2.75, 3.05) is 6.38 Å². The Kier molecular flexibility index (Phi) is 9.91. The average Bonchev–Trinajstić information content (AvgIpc) is 2.90. The van der Waals surface area contributed by atoms with Crippen LogP contribution < -0.4 is 0 Å². The number of halogens is 2. The van der Waals surface area contributed by atoms with E-state index in [0.29, 0.717) is 0 Å². The number of hydrogen-bond donors (Lipinski definition) is 0. The molecule has 1 aromatic rings. The molecule has 1 heterocycles. The van der Waals surface area contributed by atoms with E-state index in [2.05, 4.69) is 28.5 Å². The number of fused-ring (bicyclic) bond motifs is 1. The number of aromatic nitrogens is 2. The van der Waals surface area contributed by atoms with Crippen LogP contribution in [0.2, 0.25) is 0 Å². The predicted octanol–water partition coefficient (Wildman–Crippen LogP) is 4.87. The van der Waals surface area contributed by atoms with Gasteiger partial charge in [-0.05, 0) is 58.6 Å². The van der Waals surface area contributed by atoms with E-state index in [0.717, 1.165) is 12.2 Å². The molecule has 4 heteroatoms. The highest BCUT2D eigenvalue weighted by Gasteiger charge is 2.15. The normalized spacial score (nSPS) is 13.2. The van der Waals surface area contributed by atoms with E-state index < -0.39 is 0 Å². The third-order valence-corrected chi connectivity index (χ3v) is 2.85. The summed E-state index contributed by atoms with van der Waals surface area (Å²) in [5.74, 6) is 0.741. The van der Waals surface area contributed by atoms with Gasteiger partial charge in [-0.25, -0.2) is 14.4 Å². The summed E-state index contributed by atoms with van der Waals surface area (Å²) in [6.07, 6.45) is 9.56. The van der Waals surface area contributed by atoms with Crippen molar-refractivity contribution in [2.45, 2.75) is 47.0 Å². The molecule has 0 atom stereocenters. The zero-order chi connectivity index (χ0) is 15.5. The summed E-state index contributed by atoms with van der Waals surface area (Å²) >= 11 is 4.64. The van der Waals surface area contributed by atoms with Gasteiger partial charge in [-0.3, -0.25) is 0 Å². The van der Waals surface area contributed by atoms with Crippen molar-refractivity contribution >= 4 is 11.6 Å². The fraction of sp³-hybridized carbons (Fsp3) is 0.500. The summed E-state index contributed by atoms with van der Waals surface area (Å²) in [5, 5.41) is 0. The molecule has 2 nitrogen and oxygen atoms in total. The largest absolute Gasteiger partial charge is 0.238 e. The molecular formula is C16H24ClFN2. The fourth-order valence-corrected chi connectivity index (χ4v) is 2.03. The molecular weight excluding hydrogens is 275 g/mol. The summed E-state index contributed by atoms with van der Waals surface area (Å²) < 4.78 is 11.9. The molecule has 0 spiro atoms. The third-order valence-electron chi connectivity index (χ3n) is 2.85. The van der Waals surface area contributed by atoms with Crippen LogP contribution in [-0.2, 0) is 12.8 Å². The summed E-state index contributed by atoms with van der Waals surface area (Å²) in [5.41, 5.74) is 3.87. The second-order valence-corrected chi connectivity index (χ2v) is 4.31. The molecule has 0 aromatic carbocycles. The van der Waals surface area contributed by atoms with Gasteiger partial charge >= 0.3 is 0 Å². The molecule has 1 aliphatic carbocycles. The number of rotatable bonds is 1. The van der Waals surface area contributed by atoms with Crippen LogP contribution in [0.4, 0.5) is 4.39 Å². The molecule has 2 rings (SSSR count). The Morgan fingerprint density at radius 2 is 1.80 bits per heavy atom. The molecule has 0 unspecified atom stereocenters. The third kappa shape index (κ3) is 6.29. The van der Waals surface area contributed by atoms with E-state index in [-0.39, 0.29) is 5.83 Å². The monoisotopic (exact) mass is 298 g/mol. The van der Waals surface area contributed by atoms with E-state index in [1.807, 2.05) is 6.92 Å². The summed E-state index contributed by atoms with van der Waals surface area (Å²) in [7, 11) is 0. The minimum atomic E-state index is -0.178. The Morgan fingerprint density at radius 1 is 1.15 bits per heavy atom. The first-order valence-corrected chi connectivity index (χ1v) is 7.49. The lowest BCUT2D eigenvalue weighted by Gasteiger charge is -2.02. The molecule has 0 radical (unpaired) electrons. The second-order valence-electron chi connectivity index (χ2n) is 4.31. The van der Waals surface area contributed by atoms with Gasteiger partial charge < -0.3 is 0 Å². The van der Waals surface area contributed by atoms with Crippen LogP contribution in [-0.4, -0.2) is 16.4 Å². The summed E-state index contributed by atoms with van der Waals surface area (Å²) in [4.78, 5) is 8.74. The molecule has 0 amide bonds. The summed E-state index contributed by atoms with van der Waals surface area (Å²) in [6, 6.07) is 0. The van der Waals surface area contributed by atoms with Gasteiger partial charge in [0, 0.05) is 17.8 Å². The Bertz CT molecular complexity index is 468.